The number of anilines is 1. The number of hydrogen-bond acceptors (Lipinski definition) is 8. The number of urea groups is 1. The number of halogens is 1. The van der Waals surface area contributed by atoms with Gasteiger partial charge in [-0.2, -0.15) is 0 Å². The maximum absolute atomic E-state index is 14.9. The van der Waals surface area contributed by atoms with Crippen molar-refractivity contribution in [2.24, 2.45) is 0 Å². The second-order valence-electron chi connectivity index (χ2n) is 10.9. The first-order valence-electron chi connectivity index (χ1n) is 14.5. The van der Waals surface area contributed by atoms with Gasteiger partial charge in [0.25, 0.3) is 0 Å². The lowest BCUT2D eigenvalue weighted by Gasteiger charge is -2.32. The zero-order valence-electron chi connectivity index (χ0n) is 23.9. The molecule has 1 aliphatic heterocycles. The van der Waals surface area contributed by atoms with E-state index in [-0.39, 0.29) is 23.7 Å². The molecule has 4 heterocycles. The van der Waals surface area contributed by atoms with Crippen molar-refractivity contribution in [3.63, 3.8) is 0 Å². The van der Waals surface area contributed by atoms with Gasteiger partial charge in [-0.1, -0.05) is 6.07 Å². The van der Waals surface area contributed by atoms with Crippen molar-refractivity contribution >= 4 is 39.2 Å². The summed E-state index contributed by atoms with van der Waals surface area (Å²) >= 11 is 1.49. The number of piperidine rings is 1. The quantitative estimate of drug-likeness (QED) is 0.204. The number of nitrogens with one attached hydrogen (secondary N) is 4. The molecule has 224 valence electrons. The molecule has 0 atom stereocenters. The lowest BCUT2D eigenvalue weighted by atomic mass is 10.0. The molecular formula is C31H34FN7O3S. The molecule has 10 nitrogen and oxygen atoms in total. The summed E-state index contributed by atoms with van der Waals surface area (Å²) in [5.74, 6) is -0.00974. The van der Waals surface area contributed by atoms with Gasteiger partial charge in [-0.15, -0.1) is 11.3 Å². The third-order valence-electron chi connectivity index (χ3n) is 7.60. The van der Waals surface area contributed by atoms with Crippen molar-refractivity contribution in [2.75, 3.05) is 32.0 Å². The summed E-state index contributed by atoms with van der Waals surface area (Å²) in [4.78, 5) is 36.0. The third kappa shape index (κ3) is 7.45. The minimum Gasteiger partial charge on any atom is -0.453 e. The predicted molar refractivity (Wildman–Crippen MR) is 165 cm³/mol. The van der Waals surface area contributed by atoms with Crippen LogP contribution in [0.4, 0.5) is 14.9 Å². The predicted octanol–water partition coefficient (Wildman–Crippen LogP) is 4.87. The van der Waals surface area contributed by atoms with Crippen LogP contribution in [0, 0.1) is 5.82 Å². The van der Waals surface area contributed by atoms with Gasteiger partial charge < -0.3 is 26.0 Å². The van der Waals surface area contributed by atoms with Crippen LogP contribution in [0.5, 0.6) is 11.5 Å². The molecule has 1 saturated carbocycles. The van der Waals surface area contributed by atoms with Gasteiger partial charge in [0.2, 0.25) is 5.91 Å². The van der Waals surface area contributed by atoms with Gasteiger partial charge in [0, 0.05) is 55.9 Å². The van der Waals surface area contributed by atoms with E-state index < -0.39 is 5.82 Å². The van der Waals surface area contributed by atoms with E-state index in [4.69, 9.17) is 9.72 Å². The van der Waals surface area contributed by atoms with Gasteiger partial charge >= 0.3 is 6.03 Å². The van der Waals surface area contributed by atoms with Crippen LogP contribution in [-0.4, -0.2) is 65.6 Å². The highest BCUT2D eigenvalue weighted by molar-refractivity contribution is 7.22. The Morgan fingerprint density at radius 2 is 1.86 bits per heavy atom. The smallest absolute Gasteiger partial charge is 0.319 e. The molecule has 3 aromatic heterocycles. The number of thiophene rings is 1. The maximum atomic E-state index is 14.9. The lowest BCUT2D eigenvalue weighted by molar-refractivity contribution is -0.119. The van der Waals surface area contributed by atoms with Gasteiger partial charge in [0.1, 0.15) is 5.75 Å². The molecule has 0 radical (unpaired) electrons. The van der Waals surface area contributed by atoms with Crippen LogP contribution in [0.1, 0.15) is 31.2 Å². The molecule has 43 heavy (non-hydrogen) atoms. The largest absolute Gasteiger partial charge is 0.453 e. The highest BCUT2D eigenvalue weighted by Gasteiger charge is 2.23. The fourth-order valence-electron chi connectivity index (χ4n) is 5.02. The SMILES string of the molecule is CNC(=O)CNC1CCN(Cc2ccc(-c3cc4nccc(Oc5ccc(NC(=O)NC6CC6)cc5F)c4s3)nc2)CC1. The molecule has 3 amide bonds. The number of hydrogen-bond donors (Lipinski definition) is 4. The minimum absolute atomic E-state index is 0.00959. The Morgan fingerprint density at radius 1 is 1.02 bits per heavy atom. The van der Waals surface area contributed by atoms with Gasteiger partial charge in [0.15, 0.2) is 11.6 Å². The van der Waals surface area contributed by atoms with E-state index >= 15 is 0 Å². The number of rotatable bonds is 10. The number of nitrogens with zero attached hydrogens (tertiary/aromatic N) is 3. The molecule has 0 bridgehead atoms. The first-order valence-corrected chi connectivity index (χ1v) is 15.3. The van der Waals surface area contributed by atoms with E-state index in [2.05, 4.69) is 37.2 Å². The van der Waals surface area contributed by atoms with Crippen molar-refractivity contribution in [1.82, 2.24) is 30.8 Å². The van der Waals surface area contributed by atoms with Crippen molar-refractivity contribution < 1.29 is 18.7 Å². The standard InChI is InChI=1S/C31H34FN7O3S/c1-33-29(40)17-35-20-9-12-39(13-10-20)18-19-2-6-24(36-16-19)28-15-25-30(43-28)27(8-11-34-25)42-26-7-5-22(14-23(26)32)38-31(41)37-21-3-4-21/h2,5-8,11,14-16,20-21,35H,3-4,9-10,12-13,17-18H2,1H3,(H,33,40)(H2,37,38,41). The molecule has 2 fully saturated rings. The van der Waals surface area contributed by atoms with E-state index in [1.54, 1.807) is 25.4 Å². The van der Waals surface area contributed by atoms with Gasteiger partial charge in [-0.3, -0.25) is 19.7 Å². The molecule has 1 aliphatic carbocycles. The summed E-state index contributed by atoms with van der Waals surface area (Å²) in [6.45, 7) is 3.12. The van der Waals surface area contributed by atoms with Gasteiger partial charge in [-0.05, 0) is 68.6 Å². The van der Waals surface area contributed by atoms with Crippen LogP contribution in [0.2, 0.25) is 0 Å². The summed E-state index contributed by atoms with van der Waals surface area (Å²) in [5.41, 5.74) is 3.07. The summed E-state index contributed by atoms with van der Waals surface area (Å²) < 4.78 is 21.7. The van der Waals surface area contributed by atoms with Gasteiger partial charge in [0.05, 0.1) is 27.3 Å². The summed E-state index contributed by atoms with van der Waals surface area (Å²) in [7, 11) is 1.65. The van der Waals surface area contributed by atoms with E-state index in [1.807, 2.05) is 18.3 Å². The van der Waals surface area contributed by atoms with Crippen molar-refractivity contribution in [1.29, 1.82) is 0 Å². The number of aromatic nitrogens is 2. The Labute approximate surface area is 253 Å². The minimum atomic E-state index is -0.576. The second kappa shape index (κ2) is 13.0. The van der Waals surface area contributed by atoms with E-state index in [0.29, 0.717) is 24.0 Å². The number of carbonyl (C=O) groups excluding carboxylic acids is 2. The monoisotopic (exact) mass is 603 g/mol. The van der Waals surface area contributed by atoms with Crippen LogP contribution in [0.25, 0.3) is 20.8 Å². The topological polar surface area (TPSA) is 121 Å². The summed E-state index contributed by atoms with van der Waals surface area (Å²) in [6.07, 6.45) is 7.51. The molecular weight excluding hydrogens is 569 g/mol. The molecule has 2 aliphatic rings. The van der Waals surface area contributed by atoms with Crippen LogP contribution < -0.4 is 26.0 Å². The second-order valence-corrected chi connectivity index (χ2v) is 12.0. The fraction of sp³-hybridized carbons (Fsp3) is 0.355. The molecule has 12 heteroatoms. The Balaban J connectivity index is 1.07. The number of benzene rings is 1. The molecule has 6 rings (SSSR count). The normalized spacial score (nSPS) is 15.8. The lowest BCUT2D eigenvalue weighted by Crippen LogP contribution is -2.45. The number of ether oxygens (including phenoxy) is 1. The molecule has 1 aromatic carbocycles. The van der Waals surface area contributed by atoms with Crippen molar-refractivity contribution in [3.05, 3.63) is 66.2 Å². The van der Waals surface area contributed by atoms with Gasteiger partial charge in [-0.25, -0.2) is 9.18 Å². The Kier molecular flexibility index (Phi) is 8.77. The van der Waals surface area contributed by atoms with Crippen LogP contribution >= 0.6 is 11.3 Å². The highest BCUT2D eigenvalue weighted by Crippen LogP contribution is 2.39. The number of amides is 3. The van der Waals surface area contributed by atoms with Crippen molar-refractivity contribution in [2.45, 2.75) is 44.3 Å². The Hall–Kier alpha value is -4.13. The first kappa shape index (κ1) is 29.0. The highest BCUT2D eigenvalue weighted by atomic mass is 32.1. The Bertz CT molecular complexity index is 1600. The molecule has 0 spiro atoms. The van der Waals surface area contributed by atoms with E-state index in [1.165, 1.54) is 23.5 Å². The van der Waals surface area contributed by atoms with Crippen LogP contribution in [0.15, 0.2) is 54.9 Å². The third-order valence-corrected chi connectivity index (χ3v) is 8.76. The zero-order valence-corrected chi connectivity index (χ0v) is 24.7. The maximum Gasteiger partial charge on any atom is 0.319 e. The summed E-state index contributed by atoms with van der Waals surface area (Å²) in [6, 6.07) is 12.4. The molecule has 4 N–H and O–H groups in total. The number of fused-ring (bicyclic) bond motifs is 1. The number of likely N-dealkylation sites (tertiary alicyclic amines) is 1. The number of pyridine rings is 2. The average molecular weight is 604 g/mol. The number of likely N-dealkylation sites (N-methyl/N-ethyl adjacent to an activating group) is 1. The fourth-order valence-corrected chi connectivity index (χ4v) is 6.07. The molecule has 0 unspecified atom stereocenters. The molecule has 1 saturated heterocycles. The Morgan fingerprint density at radius 3 is 2.58 bits per heavy atom. The zero-order chi connectivity index (χ0) is 29.8. The summed E-state index contributed by atoms with van der Waals surface area (Å²) in [5, 5.41) is 11.4. The van der Waals surface area contributed by atoms with Crippen LogP contribution in [0.3, 0.4) is 0 Å². The number of carbonyl (C=O) groups is 2. The average Bonchev–Trinajstić information content (AvgIpc) is 3.71. The van der Waals surface area contributed by atoms with Crippen LogP contribution in [-0.2, 0) is 11.3 Å². The van der Waals surface area contributed by atoms with E-state index in [9.17, 15) is 14.0 Å². The first-order chi connectivity index (χ1) is 20.9. The molecule has 4 aromatic rings. The van der Waals surface area contributed by atoms with Crippen molar-refractivity contribution in [3.8, 4) is 22.1 Å². The van der Waals surface area contributed by atoms with E-state index in [0.717, 1.165) is 71.7 Å².